The van der Waals surface area contributed by atoms with Gasteiger partial charge in [0.25, 0.3) is 0 Å². The van der Waals surface area contributed by atoms with Gasteiger partial charge in [0.15, 0.2) is 12.0 Å². The zero-order valence-electron chi connectivity index (χ0n) is 7.77. The molecule has 0 bridgehead atoms. The summed E-state index contributed by atoms with van der Waals surface area (Å²) in [6, 6.07) is 0.551. The molecule has 1 fully saturated rings. The van der Waals surface area contributed by atoms with Crippen LogP contribution in [0.4, 0.5) is 0 Å². The summed E-state index contributed by atoms with van der Waals surface area (Å²) in [6.45, 7) is 1.91. The van der Waals surface area contributed by atoms with E-state index in [4.69, 9.17) is 4.74 Å². The molecule has 2 heterocycles. The van der Waals surface area contributed by atoms with Crippen LogP contribution in [0.5, 0.6) is 5.75 Å². The first-order valence-electron chi connectivity index (χ1n) is 4.58. The van der Waals surface area contributed by atoms with Crippen LogP contribution in [0.2, 0.25) is 0 Å². The van der Waals surface area contributed by atoms with Crippen LogP contribution in [-0.4, -0.2) is 36.3 Å². The Balaban J connectivity index is 1.79. The minimum atomic E-state index is 0.551. The maximum Gasteiger partial charge on any atom is 0.178 e. The van der Waals surface area contributed by atoms with E-state index in [2.05, 4.69) is 21.6 Å². The van der Waals surface area contributed by atoms with Crippen LogP contribution in [0.3, 0.4) is 0 Å². The molecule has 0 amide bonds. The Morgan fingerprint density at radius 3 is 3.31 bits per heavy atom. The largest absolute Gasteiger partial charge is 0.487 e. The van der Waals surface area contributed by atoms with Crippen LogP contribution in [-0.2, 0) is 0 Å². The van der Waals surface area contributed by atoms with E-state index in [1.165, 1.54) is 25.6 Å². The van der Waals surface area contributed by atoms with Gasteiger partial charge in [-0.05, 0) is 26.4 Å². The van der Waals surface area contributed by atoms with Crippen molar-refractivity contribution in [2.24, 2.45) is 0 Å². The van der Waals surface area contributed by atoms with Crippen LogP contribution in [0, 0.1) is 0 Å². The number of likely N-dealkylation sites (N-methyl/N-ethyl adjacent to an activating group) is 1. The third-order valence-corrected chi connectivity index (χ3v) is 2.52. The van der Waals surface area contributed by atoms with E-state index in [-0.39, 0.29) is 0 Å². The van der Waals surface area contributed by atoms with Gasteiger partial charge in [0.1, 0.15) is 12.8 Å². The molecule has 1 aromatic rings. The van der Waals surface area contributed by atoms with Gasteiger partial charge in [0, 0.05) is 6.04 Å². The highest BCUT2D eigenvalue weighted by atomic mass is 16.5. The van der Waals surface area contributed by atoms with Crippen molar-refractivity contribution >= 4 is 0 Å². The van der Waals surface area contributed by atoms with Crippen molar-refractivity contribution in [3.63, 3.8) is 0 Å². The number of likely N-dealkylation sites (tertiary alicyclic amines) is 1. The minimum Gasteiger partial charge on any atom is -0.487 e. The number of ether oxygens (including phenoxy) is 1. The SMILES string of the molecule is CN1CCCC1COc1cnoc1. The van der Waals surface area contributed by atoms with Crippen molar-refractivity contribution in [2.75, 3.05) is 20.2 Å². The summed E-state index contributed by atoms with van der Waals surface area (Å²) in [6.07, 6.45) is 5.61. The first-order chi connectivity index (χ1) is 6.36. The Morgan fingerprint density at radius 1 is 1.77 bits per heavy atom. The van der Waals surface area contributed by atoms with Crippen molar-refractivity contribution in [1.29, 1.82) is 0 Å². The highest BCUT2D eigenvalue weighted by Crippen LogP contribution is 2.16. The van der Waals surface area contributed by atoms with Gasteiger partial charge in [-0.2, -0.15) is 0 Å². The maximum absolute atomic E-state index is 5.50. The van der Waals surface area contributed by atoms with Crippen LogP contribution >= 0.6 is 0 Å². The van der Waals surface area contributed by atoms with Gasteiger partial charge in [-0.1, -0.05) is 5.16 Å². The van der Waals surface area contributed by atoms with Crippen LogP contribution in [0.25, 0.3) is 0 Å². The molecule has 0 spiro atoms. The van der Waals surface area contributed by atoms with E-state index < -0.39 is 0 Å². The second-order valence-corrected chi connectivity index (χ2v) is 3.45. The Morgan fingerprint density at radius 2 is 2.69 bits per heavy atom. The van der Waals surface area contributed by atoms with Crippen molar-refractivity contribution < 1.29 is 9.26 Å². The molecule has 1 aliphatic rings. The summed E-state index contributed by atoms with van der Waals surface area (Å²) >= 11 is 0. The smallest absolute Gasteiger partial charge is 0.178 e. The molecule has 4 nitrogen and oxygen atoms in total. The summed E-state index contributed by atoms with van der Waals surface area (Å²) in [5, 5.41) is 3.57. The van der Waals surface area contributed by atoms with Gasteiger partial charge in [-0.25, -0.2) is 0 Å². The van der Waals surface area contributed by atoms with E-state index in [1.54, 1.807) is 6.20 Å². The molecule has 0 aromatic carbocycles. The molecule has 13 heavy (non-hydrogen) atoms. The highest BCUT2D eigenvalue weighted by molar-refractivity contribution is 5.08. The first kappa shape index (κ1) is 8.56. The lowest BCUT2D eigenvalue weighted by molar-refractivity contribution is 0.197. The van der Waals surface area contributed by atoms with Crippen LogP contribution in [0.1, 0.15) is 12.8 Å². The Bertz CT molecular complexity index is 248. The number of rotatable bonds is 3. The molecule has 1 atom stereocenters. The predicted octanol–water partition coefficient (Wildman–Crippen LogP) is 1.15. The second-order valence-electron chi connectivity index (χ2n) is 3.45. The van der Waals surface area contributed by atoms with E-state index in [0.717, 1.165) is 12.4 Å². The molecule has 0 aliphatic carbocycles. The fourth-order valence-electron chi connectivity index (χ4n) is 1.65. The molecule has 0 saturated carbocycles. The van der Waals surface area contributed by atoms with E-state index >= 15 is 0 Å². The Labute approximate surface area is 77.5 Å². The molecular formula is C9H14N2O2. The lowest BCUT2D eigenvalue weighted by Gasteiger charge is -2.18. The van der Waals surface area contributed by atoms with Gasteiger partial charge in [-0.15, -0.1) is 0 Å². The minimum absolute atomic E-state index is 0.551. The summed E-state index contributed by atoms with van der Waals surface area (Å²) in [7, 11) is 2.13. The first-order valence-corrected chi connectivity index (χ1v) is 4.58. The van der Waals surface area contributed by atoms with Crippen molar-refractivity contribution in [3.8, 4) is 5.75 Å². The topological polar surface area (TPSA) is 38.5 Å². The quantitative estimate of drug-likeness (QED) is 0.702. The Hall–Kier alpha value is -1.03. The maximum atomic E-state index is 5.50. The Kier molecular flexibility index (Phi) is 2.49. The zero-order chi connectivity index (χ0) is 9.10. The average molecular weight is 182 g/mol. The molecule has 1 aromatic heterocycles. The molecule has 2 rings (SSSR count). The van der Waals surface area contributed by atoms with Gasteiger partial charge >= 0.3 is 0 Å². The van der Waals surface area contributed by atoms with Gasteiger partial charge in [0.2, 0.25) is 0 Å². The second kappa shape index (κ2) is 3.79. The molecular weight excluding hydrogens is 168 g/mol. The average Bonchev–Trinajstić information content (AvgIpc) is 2.72. The standard InChI is InChI=1S/C9H14N2O2/c1-11-4-2-3-8(11)6-12-9-5-10-13-7-9/h5,7-8H,2-4,6H2,1H3. The van der Waals surface area contributed by atoms with Crippen molar-refractivity contribution in [1.82, 2.24) is 10.1 Å². The van der Waals surface area contributed by atoms with Crippen molar-refractivity contribution in [3.05, 3.63) is 12.5 Å². The lowest BCUT2D eigenvalue weighted by atomic mass is 10.2. The normalized spacial score (nSPS) is 23.6. The molecule has 1 unspecified atom stereocenters. The lowest BCUT2D eigenvalue weighted by Crippen LogP contribution is -2.30. The number of hydrogen-bond acceptors (Lipinski definition) is 4. The van der Waals surface area contributed by atoms with Crippen LogP contribution in [0.15, 0.2) is 17.0 Å². The van der Waals surface area contributed by atoms with E-state index in [1.807, 2.05) is 0 Å². The van der Waals surface area contributed by atoms with E-state index in [9.17, 15) is 0 Å². The summed E-state index contributed by atoms with van der Waals surface area (Å²) in [5.74, 6) is 0.723. The number of aromatic nitrogens is 1. The number of nitrogens with zero attached hydrogens (tertiary/aromatic N) is 2. The fourth-order valence-corrected chi connectivity index (χ4v) is 1.65. The van der Waals surface area contributed by atoms with Gasteiger partial charge in [0.05, 0.1) is 0 Å². The third kappa shape index (κ3) is 2.01. The van der Waals surface area contributed by atoms with Gasteiger partial charge in [-0.3, -0.25) is 0 Å². The molecule has 0 N–H and O–H groups in total. The predicted molar refractivity (Wildman–Crippen MR) is 47.7 cm³/mol. The monoisotopic (exact) mass is 182 g/mol. The molecule has 1 aliphatic heterocycles. The molecule has 1 saturated heterocycles. The summed E-state index contributed by atoms with van der Waals surface area (Å²) in [5.41, 5.74) is 0. The van der Waals surface area contributed by atoms with Crippen molar-refractivity contribution in [2.45, 2.75) is 18.9 Å². The third-order valence-electron chi connectivity index (χ3n) is 2.52. The molecule has 0 radical (unpaired) electrons. The summed E-state index contributed by atoms with van der Waals surface area (Å²) in [4.78, 5) is 2.33. The number of hydrogen-bond donors (Lipinski definition) is 0. The summed E-state index contributed by atoms with van der Waals surface area (Å²) < 4.78 is 10.2. The van der Waals surface area contributed by atoms with Gasteiger partial charge < -0.3 is 14.2 Å². The molecule has 4 heteroatoms. The van der Waals surface area contributed by atoms with Crippen LogP contribution < -0.4 is 4.74 Å². The fraction of sp³-hybridized carbons (Fsp3) is 0.667. The zero-order valence-corrected chi connectivity index (χ0v) is 7.77. The highest BCUT2D eigenvalue weighted by Gasteiger charge is 2.21. The molecule has 72 valence electrons. The van der Waals surface area contributed by atoms with E-state index in [0.29, 0.717) is 6.04 Å².